The molecule has 182 valence electrons. The average molecular weight is 484 g/mol. The van der Waals surface area contributed by atoms with Crippen LogP contribution in [0.15, 0.2) is 84.9 Å². The number of nitrogens with one attached hydrogen (secondary N) is 2. The quantitative estimate of drug-likeness (QED) is 0.251. The van der Waals surface area contributed by atoms with Crippen molar-refractivity contribution in [1.29, 1.82) is 0 Å². The molecule has 0 spiro atoms. The molecular weight excluding hydrogens is 458 g/mol. The van der Waals surface area contributed by atoms with Crippen molar-refractivity contribution in [1.82, 2.24) is 5.32 Å². The maximum absolute atomic E-state index is 12.5. The molecule has 1 unspecified atom stereocenters. The van der Waals surface area contributed by atoms with Crippen LogP contribution in [0.3, 0.4) is 0 Å². The molecule has 0 saturated heterocycles. The summed E-state index contributed by atoms with van der Waals surface area (Å²) in [6.07, 6.45) is 5.36. The molecule has 0 saturated carbocycles. The second-order valence-corrected chi connectivity index (χ2v) is 9.18. The first kappa shape index (κ1) is 23.3. The Kier molecular flexibility index (Phi) is 6.25. The maximum atomic E-state index is 12.5. The minimum atomic E-state index is -1.09. The molecule has 5 rings (SSSR count). The van der Waals surface area contributed by atoms with E-state index >= 15 is 0 Å². The van der Waals surface area contributed by atoms with E-state index in [0.717, 1.165) is 28.8 Å². The summed E-state index contributed by atoms with van der Waals surface area (Å²) in [4.78, 5) is 35.1. The monoisotopic (exact) mass is 483 g/mol. The number of allylic oxidation sites excluding steroid dienone is 2. The summed E-state index contributed by atoms with van der Waals surface area (Å²) in [5.74, 6) is -1.13. The number of aliphatic carboxylic acids is 1. The second-order valence-electron chi connectivity index (χ2n) is 9.18. The van der Waals surface area contributed by atoms with E-state index < -0.39 is 22.8 Å². The Morgan fingerprint density at radius 2 is 1.83 bits per heavy atom. The lowest BCUT2D eigenvalue weighted by atomic mass is 9.76. The van der Waals surface area contributed by atoms with Crippen LogP contribution in [0, 0.1) is 16.0 Å². The molecule has 3 N–H and O–H groups in total. The van der Waals surface area contributed by atoms with E-state index in [2.05, 4.69) is 22.8 Å². The zero-order valence-corrected chi connectivity index (χ0v) is 19.3. The highest BCUT2D eigenvalue weighted by Gasteiger charge is 2.38. The third-order valence-electron chi connectivity index (χ3n) is 6.97. The van der Waals surface area contributed by atoms with Crippen molar-refractivity contribution < 1.29 is 19.6 Å². The average Bonchev–Trinajstić information content (AvgIpc) is 3.39. The number of non-ortho nitro benzene ring substituents is 1. The Morgan fingerprint density at radius 3 is 2.53 bits per heavy atom. The van der Waals surface area contributed by atoms with Gasteiger partial charge >= 0.3 is 5.97 Å². The zero-order chi connectivity index (χ0) is 25.2. The molecule has 36 heavy (non-hydrogen) atoms. The van der Waals surface area contributed by atoms with Gasteiger partial charge in [0.15, 0.2) is 0 Å². The number of nitrogens with zero attached hydrogens (tertiary/aromatic N) is 1. The highest BCUT2D eigenvalue weighted by molar-refractivity contribution is 5.96. The van der Waals surface area contributed by atoms with Crippen molar-refractivity contribution in [3.63, 3.8) is 0 Å². The minimum Gasteiger partial charge on any atom is -0.480 e. The fourth-order valence-electron chi connectivity index (χ4n) is 5.17. The summed E-state index contributed by atoms with van der Waals surface area (Å²) in [5.41, 5.74) is 4.33. The van der Waals surface area contributed by atoms with Crippen molar-refractivity contribution in [2.24, 2.45) is 5.92 Å². The standard InChI is InChI=1S/C28H25N3O5/c32-27(19-5-2-1-3-6-19)30-25(28(33)34)16-17-9-14-24-23(15-17)21-7-4-8-22(21)26(29-24)18-10-12-20(13-11-18)31(35)36/h1-7,9-15,21-22,25-26,29H,8,16H2,(H,30,32)(H,33,34)/t21-,22+,25?,26+/m1/s1. The van der Waals surface area contributed by atoms with Gasteiger partial charge in [-0.3, -0.25) is 14.9 Å². The molecule has 3 aromatic carbocycles. The topological polar surface area (TPSA) is 122 Å². The normalized spacial score (nSPS) is 20.5. The van der Waals surface area contributed by atoms with Gasteiger partial charge in [0, 0.05) is 35.7 Å². The number of carbonyl (C=O) groups is 2. The maximum Gasteiger partial charge on any atom is 0.326 e. The summed E-state index contributed by atoms with van der Waals surface area (Å²) < 4.78 is 0. The molecule has 3 aromatic rings. The number of carbonyl (C=O) groups excluding carboxylic acids is 1. The second kappa shape index (κ2) is 9.65. The van der Waals surface area contributed by atoms with Crippen LogP contribution >= 0.6 is 0 Å². The number of fused-ring (bicyclic) bond motifs is 3. The number of hydrogen-bond donors (Lipinski definition) is 3. The van der Waals surface area contributed by atoms with Gasteiger partial charge in [0.05, 0.1) is 11.0 Å². The van der Waals surface area contributed by atoms with Crippen LogP contribution in [0.2, 0.25) is 0 Å². The Hall–Kier alpha value is -4.46. The van der Waals surface area contributed by atoms with E-state index in [4.69, 9.17) is 0 Å². The lowest BCUT2D eigenvalue weighted by Crippen LogP contribution is -2.42. The third-order valence-corrected chi connectivity index (χ3v) is 6.97. The predicted octanol–water partition coefficient (Wildman–Crippen LogP) is 4.85. The van der Waals surface area contributed by atoms with E-state index in [9.17, 15) is 24.8 Å². The largest absolute Gasteiger partial charge is 0.480 e. The molecular formula is C28H25N3O5. The number of nitro benzene ring substituents is 1. The van der Waals surface area contributed by atoms with Gasteiger partial charge in [0.1, 0.15) is 6.04 Å². The summed E-state index contributed by atoms with van der Waals surface area (Å²) in [7, 11) is 0. The molecule has 1 heterocycles. The smallest absolute Gasteiger partial charge is 0.326 e. The molecule has 1 aliphatic heterocycles. The highest BCUT2D eigenvalue weighted by atomic mass is 16.6. The lowest BCUT2D eigenvalue weighted by Gasteiger charge is -2.37. The zero-order valence-electron chi connectivity index (χ0n) is 19.3. The van der Waals surface area contributed by atoms with Gasteiger partial charge in [-0.1, -0.05) is 54.6 Å². The van der Waals surface area contributed by atoms with Gasteiger partial charge < -0.3 is 15.7 Å². The number of carboxylic acids is 1. The van der Waals surface area contributed by atoms with Crippen molar-refractivity contribution in [2.75, 3.05) is 5.32 Å². The van der Waals surface area contributed by atoms with Crippen LogP contribution in [0.5, 0.6) is 0 Å². The van der Waals surface area contributed by atoms with Crippen molar-refractivity contribution in [3.05, 3.63) is 117 Å². The molecule has 0 aromatic heterocycles. The van der Waals surface area contributed by atoms with Crippen LogP contribution in [0.4, 0.5) is 11.4 Å². The number of nitro groups is 1. The fourth-order valence-corrected chi connectivity index (χ4v) is 5.17. The van der Waals surface area contributed by atoms with Gasteiger partial charge in [0.25, 0.3) is 11.6 Å². The fraction of sp³-hybridized carbons (Fsp3) is 0.214. The molecule has 2 aliphatic rings. The lowest BCUT2D eigenvalue weighted by molar-refractivity contribution is -0.384. The van der Waals surface area contributed by atoms with E-state index in [1.165, 1.54) is 12.1 Å². The van der Waals surface area contributed by atoms with Crippen LogP contribution < -0.4 is 10.6 Å². The van der Waals surface area contributed by atoms with Crippen molar-refractivity contribution in [2.45, 2.75) is 30.8 Å². The van der Waals surface area contributed by atoms with Crippen molar-refractivity contribution >= 4 is 23.3 Å². The van der Waals surface area contributed by atoms with Crippen LogP contribution in [0.1, 0.15) is 45.4 Å². The van der Waals surface area contributed by atoms with Crippen molar-refractivity contribution in [3.8, 4) is 0 Å². The molecule has 1 amide bonds. The van der Waals surface area contributed by atoms with Crippen LogP contribution in [-0.2, 0) is 11.2 Å². The van der Waals surface area contributed by atoms with Crippen LogP contribution in [0.25, 0.3) is 0 Å². The van der Waals surface area contributed by atoms with E-state index in [-0.39, 0.29) is 30.0 Å². The first-order valence-corrected chi connectivity index (χ1v) is 11.8. The highest BCUT2D eigenvalue weighted by Crippen LogP contribution is 2.50. The summed E-state index contributed by atoms with van der Waals surface area (Å²) >= 11 is 0. The molecule has 0 fully saturated rings. The van der Waals surface area contributed by atoms with Crippen LogP contribution in [-0.4, -0.2) is 27.9 Å². The van der Waals surface area contributed by atoms with E-state index in [1.54, 1.807) is 42.5 Å². The third kappa shape index (κ3) is 4.57. The molecule has 0 radical (unpaired) electrons. The Balaban J connectivity index is 1.37. The van der Waals surface area contributed by atoms with Gasteiger partial charge in [-0.05, 0) is 47.2 Å². The van der Waals surface area contributed by atoms with E-state index in [1.807, 2.05) is 18.2 Å². The summed E-state index contributed by atoms with van der Waals surface area (Å²) in [5, 5.41) is 27.0. The minimum absolute atomic E-state index is 0.00100. The Bertz CT molecular complexity index is 1340. The van der Waals surface area contributed by atoms with Gasteiger partial charge in [-0.15, -0.1) is 0 Å². The van der Waals surface area contributed by atoms with Gasteiger partial charge in [0.2, 0.25) is 0 Å². The predicted molar refractivity (Wildman–Crippen MR) is 135 cm³/mol. The number of anilines is 1. The number of amides is 1. The number of benzene rings is 3. The first-order chi connectivity index (χ1) is 17.4. The number of hydrogen-bond acceptors (Lipinski definition) is 5. The molecule has 8 nitrogen and oxygen atoms in total. The molecule has 1 aliphatic carbocycles. The molecule has 0 bridgehead atoms. The Labute approximate surface area is 207 Å². The molecule has 4 atom stereocenters. The molecule has 8 heteroatoms. The number of rotatable bonds is 7. The van der Waals surface area contributed by atoms with Gasteiger partial charge in [-0.25, -0.2) is 4.79 Å². The Morgan fingerprint density at radius 1 is 1.08 bits per heavy atom. The van der Waals surface area contributed by atoms with Gasteiger partial charge in [-0.2, -0.15) is 0 Å². The first-order valence-electron chi connectivity index (χ1n) is 11.8. The SMILES string of the molecule is O=C(NC(Cc1ccc2c(c1)[C@@H]1C=CC[C@@H]1[C@H](c1ccc([N+](=O)[O-])cc1)N2)C(=O)O)c1ccccc1. The summed E-state index contributed by atoms with van der Waals surface area (Å²) in [6.45, 7) is 0. The van der Waals surface area contributed by atoms with E-state index in [0.29, 0.717) is 5.56 Å². The summed E-state index contributed by atoms with van der Waals surface area (Å²) in [6, 6.07) is 20.0. The number of carboxylic acid groups (broad SMARTS) is 1.